The number of anilines is 1. The molecule has 21 heavy (non-hydrogen) atoms. The number of nitrogen functional groups attached to an aromatic ring is 1. The molecule has 2 rings (SSSR count). The zero-order valence-corrected chi connectivity index (χ0v) is 11.5. The highest BCUT2D eigenvalue weighted by molar-refractivity contribution is 5.99. The molecular formula is C13H16FN3O4. The number of nitrogens with zero attached hydrogens (tertiary/aromatic N) is 2. The van der Waals surface area contributed by atoms with E-state index in [9.17, 15) is 24.4 Å². The maximum absolute atomic E-state index is 13.3. The quantitative estimate of drug-likeness (QED) is 0.486. The van der Waals surface area contributed by atoms with Gasteiger partial charge in [-0.05, 0) is 25.8 Å². The number of amides is 1. The molecule has 0 unspecified atom stereocenters. The summed E-state index contributed by atoms with van der Waals surface area (Å²) in [6, 6.07) is 1.64. The standard InChI is InChI=1S/C13H16FN3O4/c1-13(19)2-4-16(5-3-13)12(18)8-6-10(15)9(14)7-11(8)17(20)21/h6-7,19H,2-5,15H2,1H3. The highest BCUT2D eigenvalue weighted by atomic mass is 19.1. The molecule has 1 aliphatic rings. The first-order valence-corrected chi connectivity index (χ1v) is 6.46. The van der Waals surface area contributed by atoms with Crippen molar-refractivity contribution < 1.29 is 19.2 Å². The summed E-state index contributed by atoms with van der Waals surface area (Å²) >= 11 is 0. The third kappa shape index (κ3) is 3.10. The van der Waals surface area contributed by atoms with Crippen molar-refractivity contribution in [3.8, 4) is 0 Å². The molecule has 1 aliphatic heterocycles. The molecule has 1 fully saturated rings. The molecule has 3 N–H and O–H groups in total. The summed E-state index contributed by atoms with van der Waals surface area (Å²) in [6.07, 6.45) is 0.756. The van der Waals surface area contributed by atoms with Crippen molar-refractivity contribution in [2.75, 3.05) is 18.8 Å². The van der Waals surface area contributed by atoms with E-state index in [4.69, 9.17) is 5.73 Å². The van der Waals surface area contributed by atoms with E-state index in [1.807, 2.05) is 0 Å². The maximum Gasteiger partial charge on any atom is 0.285 e. The molecule has 114 valence electrons. The van der Waals surface area contributed by atoms with Crippen LogP contribution in [0, 0.1) is 15.9 Å². The second kappa shape index (κ2) is 5.28. The topological polar surface area (TPSA) is 110 Å². The molecule has 0 atom stereocenters. The van der Waals surface area contributed by atoms with Crippen LogP contribution in [0.4, 0.5) is 15.8 Å². The van der Waals surface area contributed by atoms with Crippen molar-refractivity contribution in [1.29, 1.82) is 0 Å². The average Bonchev–Trinajstić information content (AvgIpc) is 2.40. The van der Waals surface area contributed by atoms with E-state index in [1.54, 1.807) is 6.92 Å². The predicted octanol–water partition coefficient (Wildman–Crippen LogP) is 1.30. The van der Waals surface area contributed by atoms with E-state index in [1.165, 1.54) is 4.90 Å². The Morgan fingerprint density at radius 3 is 2.57 bits per heavy atom. The number of carbonyl (C=O) groups is 1. The first-order chi connectivity index (χ1) is 9.71. The minimum atomic E-state index is -0.931. The van der Waals surface area contributed by atoms with Gasteiger partial charge in [0.15, 0.2) is 5.82 Å². The van der Waals surface area contributed by atoms with Gasteiger partial charge < -0.3 is 15.7 Å². The Balaban J connectivity index is 2.31. The zero-order chi connectivity index (χ0) is 15.8. The summed E-state index contributed by atoms with van der Waals surface area (Å²) < 4.78 is 13.3. The van der Waals surface area contributed by atoms with E-state index < -0.39 is 27.9 Å². The van der Waals surface area contributed by atoms with Crippen molar-refractivity contribution >= 4 is 17.3 Å². The van der Waals surface area contributed by atoms with E-state index in [2.05, 4.69) is 0 Å². The second-order valence-corrected chi connectivity index (χ2v) is 5.44. The minimum absolute atomic E-state index is 0.236. The van der Waals surface area contributed by atoms with Crippen LogP contribution in [0.1, 0.15) is 30.1 Å². The first kappa shape index (κ1) is 15.2. The van der Waals surface area contributed by atoms with Gasteiger partial charge in [-0.3, -0.25) is 14.9 Å². The fourth-order valence-electron chi connectivity index (χ4n) is 2.26. The van der Waals surface area contributed by atoms with Crippen LogP contribution in [-0.2, 0) is 0 Å². The van der Waals surface area contributed by atoms with Crippen molar-refractivity contribution in [2.45, 2.75) is 25.4 Å². The number of benzene rings is 1. The number of nitrogens with two attached hydrogens (primary N) is 1. The molecule has 0 aromatic heterocycles. The third-order valence-corrected chi connectivity index (χ3v) is 3.67. The van der Waals surface area contributed by atoms with Crippen molar-refractivity contribution in [1.82, 2.24) is 4.90 Å². The van der Waals surface area contributed by atoms with Crippen LogP contribution < -0.4 is 5.73 Å². The fraction of sp³-hybridized carbons (Fsp3) is 0.462. The number of aliphatic hydroxyl groups is 1. The Hall–Kier alpha value is -2.22. The third-order valence-electron chi connectivity index (χ3n) is 3.67. The number of nitro groups is 1. The summed E-state index contributed by atoms with van der Waals surface area (Å²) in [6.45, 7) is 2.23. The molecule has 1 aromatic rings. The highest BCUT2D eigenvalue weighted by Gasteiger charge is 2.33. The summed E-state index contributed by atoms with van der Waals surface area (Å²) in [5.41, 5.74) is 3.39. The minimum Gasteiger partial charge on any atom is -0.396 e. The summed E-state index contributed by atoms with van der Waals surface area (Å²) in [5, 5.41) is 20.8. The average molecular weight is 297 g/mol. The van der Waals surface area contributed by atoms with E-state index >= 15 is 0 Å². The van der Waals surface area contributed by atoms with Gasteiger partial charge in [-0.15, -0.1) is 0 Å². The molecule has 0 bridgehead atoms. The Labute approximate surface area is 120 Å². The van der Waals surface area contributed by atoms with Crippen LogP contribution in [-0.4, -0.2) is 39.5 Å². The number of carbonyl (C=O) groups excluding carboxylic acids is 1. The number of rotatable bonds is 2. The molecule has 0 aliphatic carbocycles. The first-order valence-electron chi connectivity index (χ1n) is 6.46. The van der Waals surface area contributed by atoms with Gasteiger partial charge in [0.25, 0.3) is 11.6 Å². The molecule has 0 saturated carbocycles. The van der Waals surface area contributed by atoms with Crippen LogP contribution in [0.3, 0.4) is 0 Å². The smallest absolute Gasteiger partial charge is 0.285 e. The van der Waals surface area contributed by atoms with Gasteiger partial charge in [0, 0.05) is 13.1 Å². The van der Waals surface area contributed by atoms with Crippen molar-refractivity contribution in [2.24, 2.45) is 0 Å². The van der Waals surface area contributed by atoms with Gasteiger partial charge in [0.2, 0.25) is 0 Å². The van der Waals surface area contributed by atoms with Gasteiger partial charge in [-0.2, -0.15) is 0 Å². The van der Waals surface area contributed by atoms with Crippen LogP contribution in [0.15, 0.2) is 12.1 Å². The lowest BCUT2D eigenvalue weighted by atomic mass is 9.93. The Kier molecular flexibility index (Phi) is 3.82. The molecular weight excluding hydrogens is 281 g/mol. The number of hydrogen-bond acceptors (Lipinski definition) is 5. The van der Waals surface area contributed by atoms with E-state index in [-0.39, 0.29) is 24.3 Å². The maximum atomic E-state index is 13.3. The number of likely N-dealkylation sites (tertiary alicyclic amines) is 1. The van der Waals surface area contributed by atoms with Gasteiger partial charge in [-0.1, -0.05) is 0 Å². The molecule has 1 heterocycles. The number of nitro benzene ring substituents is 1. The van der Waals surface area contributed by atoms with Gasteiger partial charge in [-0.25, -0.2) is 4.39 Å². The lowest BCUT2D eigenvalue weighted by molar-refractivity contribution is -0.385. The van der Waals surface area contributed by atoms with Crippen molar-refractivity contribution in [3.63, 3.8) is 0 Å². The largest absolute Gasteiger partial charge is 0.396 e. The summed E-state index contributed by atoms with van der Waals surface area (Å²) in [7, 11) is 0. The molecule has 7 nitrogen and oxygen atoms in total. The molecule has 0 radical (unpaired) electrons. The predicted molar refractivity (Wildman–Crippen MR) is 73.2 cm³/mol. The molecule has 1 aromatic carbocycles. The lowest BCUT2D eigenvalue weighted by Crippen LogP contribution is -2.45. The van der Waals surface area contributed by atoms with Crippen molar-refractivity contribution in [3.05, 3.63) is 33.6 Å². The Bertz CT molecular complexity index is 593. The van der Waals surface area contributed by atoms with Crippen LogP contribution in [0.2, 0.25) is 0 Å². The number of halogens is 1. The lowest BCUT2D eigenvalue weighted by Gasteiger charge is -2.35. The van der Waals surface area contributed by atoms with Crippen LogP contribution >= 0.6 is 0 Å². The molecule has 8 heteroatoms. The molecule has 1 amide bonds. The fourth-order valence-corrected chi connectivity index (χ4v) is 2.26. The molecule has 1 saturated heterocycles. The van der Waals surface area contributed by atoms with Gasteiger partial charge in [0.1, 0.15) is 5.56 Å². The van der Waals surface area contributed by atoms with E-state index in [0.29, 0.717) is 18.9 Å². The number of hydrogen-bond donors (Lipinski definition) is 2. The number of piperidine rings is 1. The SMILES string of the molecule is CC1(O)CCN(C(=O)c2cc(N)c(F)cc2[N+](=O)[O-])CC1. The summed E-state index contributed by atoms with van der Waals surface area (Å²) in [5.74, 6) is -1.51. The van der Waals surface area contributed by atoms with Gasteiger partial charge >= 0.3 is 0 Å². The highest BCUT2D eigenvalue weighted by Crippen LogP contribution is 2.28. The molecule has 0 spiro atoms. The van der Waals surface area contributed by atoms with Crippen LogP contribution in [0.5, 0.6) is 0 Å². The second-order valence-electron chi connectivity index (χ2n) is 5.44. The normalized spacial score (nSPS) is 17.6. The van der Waals surface area contributed by atoms with Crippen LogP contribution in [0.25, 0.3) is 0 Å². The van der Waals surface area contributed by atoms with Gasteiger partial charge in [0.05, 0.1) is 22.3 Å². The Morgan fingerprint density at radius 1 is 1.48 bits per heavy atom. The Morgan fingerprint density at radius 2 is 2.05 bits per heavy atom. The summed E-state index contributed by atoms with van der Waals surface area (Å²) in [4.78, 5) is 23.9. The van der Waals surface area contributed by atoms with E-state index in [0.717, 1.165) is 6.07 Å². The zero-order valence-electron chi connectivity index (χ0n) is 11.5. The monoisotopic (exact) mass is 297 g/mol.